The number of rotatable bonds is 8. The van der Waals surface area contributed by atoms with Gasteiger partial charge in [0.15, 0.2) is 11.7 Å². The zero-order valence-corrected chi connectivity index (χ0v) is 16.4. The third kappa shape index (κ3) is 6.70. The summed E-state index contributed by atoms with van der Waals surface area (Å²) in [6, 6.07) is 15.4. The molecule has 0 fully saturated rings. The Morgan fingerprint density at radius 1 is 1.00 bits per heavy atom. The molecule has 0 saturated carbocycles. The molecule has 0 saturated heterocycles. The number of carbonyl (C=O) groups excluding carboxylic acids is 2. The van der Waals surface area contributed by atoms with Gasteiger partial charge in [-0.25, -0.2) is 4.98 Å². The van der Waals surface area contributed by atoms with Gasteiger partial charge in [-0.05, 0) is 18.6 Å². The van der Waals surface area contributed by atoms with Crippen molar-refractivity contribution in [3.8, 4) is 11.3 Å². The van der Waals surface area contributed by atoms with Crippen LogP contribution in [0.2, 0.25) is 0 Å². The van der Waals surface area contributed by atoms with Gasteiger partial charge < -0.3 is 15.1 Å². The summed E-state index contributed by atoms with van der Waals surface area (Å²) in [5.74, 6) is -0.148. The minimum absolute atomic E-state index is 0.0414. The van der Waals surface area contributed by atoms with Crippen LogP contribution in [0.1, 0.15) is 29.1 Å². The Hall–Kier alpha value is -3.62. The van der Waals surface area contributed by atoms with Gasteiger partial charge in [0.05, 0.1) is 17.4 Å². The molecule has 0 unspecified atom stereocenters. The van der Waals surface area contributed by atoms with Crippen LogP contribution >= 0.6 is 0 Å². The standard InChI is InChI=1S/C22H20F3N3O3/c23-22(24,25)14-27-21(30)16-9-4-5-10-17(16)28-19(29)11-6-12-20-26-13-18(31-20)15-7-2-1-3-8-15/h1-5,7-10,13H,6,11-12,14H2,(H,27,30)(H,28,29). The molecule has 0 aliphatic heterocycles. The van der Waals surface area contributed by atoms with Crippen LogP contribution in [0.5, 0.6) is 0 Å². The molecule has 3 aromatic rings. The second kappa shape index (κ2) is 9.92. The van der Waals surface area contributed by atoms with Crippen LogP contribution in [0.4, 0.5) is 18.9 Å². The topological polar surface area (TPSA) is 84.2 Å². The van der Waals surface area contributed by atoms with E-state index in [0.29, 0.717) is 24.5 Å². The van der Waals surface area contributed by atoms with E-state index in [9.17, 15) is 22.8 Å². The van der Waals surface area contributed by atoms with Crippen molar-refractivity contribution in [1.82, 2.24) is 10.3 Å². The zero-order valence-electron chi connectivity index (χ0n) is 16.4. The first kappa shape index (κ1) is 22.1. The highest BCUT2D eigenvalue weighted by atomic mass is 19.4. The van der Waals surface area contributed by atoms with Crippen LogP contribution in [-0.2, 0) is 11.2 Å². The van der Waals surface area contributed by atoms with Crippen molar-refractivity contribution < 1.29 is 27.2 Å². The molecule has 9 heteroatoms. The van der Waals surface area contributed by atoms with Crippen molar-refractivity contribution >= 4 is 17.5 Å². The molecule has 0 radical (unpaired) electrons. The molecule has 0 aliphatic rings. The third-order valence-electron chi connectivity index (χ3n) is 4.30. The lowest BCUT2D eigenvalue weighted by molar-refractivity contribution is -0.123. The molecule has 162 valence electrons. The van der Waals surface area contributed by atoms with Crippen molar-refractivity contribution in [1.29, 1.82) is 0 Å². The van der Waals surface area contributed by atoms with E-state index < -0.39 is 18.6 Å². The number of carbonyl (C=O) groups is 2. The largest absolute Gasteiger partial charge is 0.441 e. The monoisotopic (exact) mass is 431 g/mol. The molecule has 2 amide bonds. The molecular formula is C22H20F3N3O3. The summed E-state index contributed by atoms with van der Waals surface area (Å²) in [7, 11) is 0. The third-order valence-corrected chi connectivity index (χ3v) is 4.30. The minimum atomic E-state index is -4.52. The number of oxazole rings is 1. The molecule has 0 aliphatic carbocycles. The maximum absolute atomic E-state index is 12.3. The summed E-state index contributed by atoms with van der Waals surface area (Å²) in [6.07, 6.45) is -1.88. The molecule has 0 atom stereocenters. The molecule has 1 aromatic heterocycles. The summed E-state index contributed by atoms with van der Waals surface area (Å²) in [6.45, 7) is -1.45. The number of hydrogen-bond acceptors (Lipinski definition) is 4. The van der Waals surface area contributed by atoms with E-state index in [4.69, 9.17) is 4.42 Å². The highest BCUT2D eigenvalue weighted by molar-refractivity contribution is 6.03. The molecular weight excluding hydrogens is 411 g/mol. The Morgan fingerprint density at radius 2 is 1.71 bits per heavy atom. The second-order valence-electron chi connectivity index (χ2n) is 6.73. The summed E-state index contributed by atoms with van der Waals surface area (Å²) in [5, 5.41) is 4.37. The van der Waals surface area contributed by atoms with E-state index in [0.717, 1.165) is 5.56 Å². The van der Waals surface area contributed by atoms with Gasteiger partial charge in [0.1, 0.15) is 6.54 Å². The Labute approximate surface area is 176 Å². The number of nitrogens with one attached hydrogen (secondary N) is 2. The predicted octanol–water partition coefficient (Wildman–Crippen LogP) is 4.60. The summed E-state index contributed by atoms with van der Waals surface area (Å²) < 4.78 is 42.7. The Bertz CT molecular complexity index is 1030. The number of amides is 2. The first-order valence-electron chi connectivity index (χ1n) is 9.56. The molecule has 0 bridgehead atoms. The number of alkyl halides is 3. The molecule has 3 rings (SSSR count). The lowest BCUT2D eigenvalue weighted by atomic mass is 10.1. The number of aryl methyl sites for hydroxylation is 1. The zero-order chi connectivity index (χ0) is 22.3. The molecule has 2 N–H and O–H groups in total. The second-order valence-corrected chi connectivity index (χ2v) is 6.73. The van der Waals surface area contributed by atoms with E-state index in [1.54, 1.807) is 17.6 Å². The van der Waals surface area contributed by atoms with Crippen LogP contribution in [0, 0.1) is 0 Å². The SMILES string of the molecule is O=C(CCCc1ncc(-c2ccccc2)o1)Nc1ccccc1C(=O)NCC(F)(F)F. The molecule has 0 spiro atoms. The number of hydrogen-bond donors (Lipinski definition) is 2. The number of benzene rings is 2. The fourth-order valence-corrected chi connectivity index (χ4v) is 2.84. The maximum atomic E-state index is 12.3. The number of anilines is 1. The van der Waals surface area contributed by atoms with Crippen LogP contribution in [0.25, 0.3) is 11.3 Å². The van der Waals surface area contributed by atoms with Gasteiger partial charge in [-0.15, -0.1) is 0 Å². The fraction of sp³-hybridized carbons (Fsp3) is 0.227. The van der Waals surface area contributed by atoms with Crippen LogP contribution in [-0.4, -0.2) is 29.5 Å². The maximum Gasteiger partial charge on any atom is 0.405 e. The van der Waals surface area contributed by atoms with Gasteiger partial charge in [-0.1, -0.05) is 42.5 Å². The van der Waals surface area contributed by atoms with Crippen molar-refractivity contribution in [3.63, 3.8) is 0 Å². The number of halogens is 3. The van der Waals surface area contributed by atoms with Gasteiger partial charge in [0.2, 0.25) is 5.91 Å². The predicted molar refractivity (Wildman–Crippen MR) is 108 cm³/mol. The van der Waals surface area contributed by atoms with Crippen LogP contribution < -0.4 is 10.6 Å². The number of aromatic nitrogens is 1. The van der Waals surface area contributed by atoms with Crippen molar-refractivity contribution in [2.24, 2.45) is 0 Å². The van der Waals surface area contributed by atoms with Gasteiger partial charge in [0.25, 0.3) is 5.91 Å². The minimum Gasteiger partial charge on any atom is -0.441 e. The van der Waals surface area contributed by atoms with E-state index in [2.05, 4.69) is 10.3 Å². The average molecular weight is 431 g/mol. The Kier molecular flexibility index (Phi) is 7.07. The normalized spacial score (nSPS) is 11.2. The first-order chi connectivity index (χ1) is 14.8. The summed E-state index contributed by atoms with van der Waals surface area (Å²) in [4.78, 5) is 28.5. The van der Waals surface area contributed by atoms with Gasteiger partial charge in [0, 0.05) is 18.4 Å². The van der Waals surface area contributed by atoms with Crippen LogP contribution in [0.15, 0.2) is 65.2 Å². The van der Waals surface area contributed by atoms with Gasteiger partial charge in [-0.2, -0.15) is 13.2 Å². The smallest absolute Gasteiger partial charge is 0.405 e. The van der Waals surface area contributed by atoms with Gasteiger partial charge >= 0.3 is 6.18 Å². The highest BCUT2D eigenvalue weighted by Gasteiger charge is 2.28. The van der Waals surface area contributed by atoms with E-state index >= 15 is 0 Å². The van der Waals surface area contributed by atoms with E-state index in [1.807, 2.05) is 30.3 Å². The fourth-order valence-electron chi connectivity index (χ4n) is 2.84. The van der Waals surface area contributed by atoms with Crippen molar-refractivity contribution in [2.75, 3.05) is 11.9 Å². The number of nitrogens with zero attached hydrogens (tertiary/aromatic N) is 1. The highest BCUT2D eigenvalue weighted by Crippen LogP contribution is 2.21. The lowest BCUT2D eigenvalue weighted by Gasteiger charge is -2.12. The quantitative estimate of drug-likeness (QED) is 0.546. The van der Waals surface area contributed by atoms with Gasteiger partial charge in [-0.3, -0.25) is 9.59 Å². The number of para-hydroxylation sites is 1. The van der Waals surface area contributed by atoms with Crippen LogP contribution in [0.3, 0.4) is 0 Å². The summed E-state index contributed by atoms with van der Waals surface area (Å²) in [5.41, 5.74) is 1.01. The van der Waals surface area contributed by atoms with E-state index in [-0.39, 0.29) is 23.6 Å². The van der Waals surface area contributed by atoms with E-state index in [1.165, 1.54) is 18.2 Å². The molecule has 2 aromatic carbocycles. The molecule has 31 heavy (non-hydrogen) atoms. The van der Waals surface area contributed by atoms with Crippen molar-refractivity contribution in [3.05, 3.63) is 72.2 Å². The first-order valence-corrected chi connectivity index (χ1v) is 9.56. The van der Waals surface area contributed by atoms with Crippen molar-refractivity contribution in [2.45, 2.75) is 25.4 Å². The summed E-state index contributed by atoms with van der Waals surface area (Å²) >= 11 is 0. The average Bonchev–Trinajstić information content (AvgIpc) is 3.21. The molecule has 1 heterocycles. The Balaban J connectivity index is 1.51. The Morgan fingerprint density at radius 3 is 2.45 bits per heavy atom. The lowest BCUT2D eigenvalue weighted by Crippen LogP contribution is -2.34. The molecule has 6 nitrogen and oxygen atoms in total.